The van der Waals surface area contributed by atoms with Gasteiger partial charge in [-0.15, -0.1) is 0 Å². The van der Waals surface area contributed by atoms with Gasteiger partial charge in [-0.2, -0.15) is 8.42 Å². The first kappa shape index (κ1) is 10.8. The molecule has 1 rings (SSSR count). The fourth-order valence-electron chi connectivity index (χ4n) is 0.940. The summed E-state index contributed by atoms with van der Waals surface area (Å²) in [7, 11) is -3.48. The van der Waals surface area contributed by atoms with E-state index in [-0.39, 0.29) is 17.3 Å². The van der Waals surface area contributed by atoms with Gasteiger partial charge in [0.25, 0.3) is 0 Å². The molecule has 1 aromatic carbocycles. The Balaban J connectivity index is 2.74. The molecular formula is C9H12O4S. The molecule has 0 aliphatic rings. The Hall–Kier alpha value is -1.23. The van der Waals surface area contributed by atoms with E-state index < -0.39 is 10.1 Å². The quantitative estimate of drug-likeness (QED) is 0.775. The molecule has 1 aromatic rings. The summed E-state index contributed by atoms with van der Waals surface area (Å²) in [5.41, 5.74) is 0. The average Bonchev–Trinajstić information content (AvgIpc) is 2.08. The minimum Gasteiger partial charge on any atom is -0.508 e. The fraction of sp³-hybridized carbons (Fsp3) is 0.333. The topological polar surface area (TPSA) is 63.6 Å². The highest BCUT2D eigenvalue weighted by molar-refractivity contribution is 7.87. The molecule has 0 aromatic heterocycles. The fourth-order valence-corrected chi connectivity index (χ4v) is 1.93. The molecule has 0 saturated carbocycles. The van der Waals surface area contributed by atoms with Gasteiger partial charge in [0, 0.05) is 0 Å². The van der Waals surface area contributed by atoms with Crippen LogP contribution in [0, 0.1) is 0 Å². The van der Waals surface area contributed by atoms with Gasteiger partial charge in [0.15, 0.2) is 0 Å². The number of hydrogen-bond acceptors (Lipinski definition) is 4. The van der Waals surface area contributed by atoms with Crippen LogP contribution in [-0.2, 0) is 10.1 Å². The first-order valence-corrected chi connectivity index (χ1v) is 5.82. The van der Waals surface area contributed by atoms with Gasteiger partial charge in [0.05, 0.1) is 5.75 Å². The van der Waals surface area contributed by atoms with Crippen LogP contribution in [-0.4, -0.2) is 19.3 Å². The second-order valence-electron chi connectivity index (χ2n) is 2.84. The van der Waals surface area contributed by atoms with Gasteiger partial charge in [-0.05, 0) is 30.7 Å². The largest absolute Gasteiger partial charge is 0.508 e. The van der Waals surface area contributed by atoms with E-state index in [0.29, 0.717) is 6.42 Å². The van der Waals surface area contributed by atoms with Crippen molar-refractivity contribution in [2.75, 3.05) is 5.75 Å². The molecule has 0 radical (unpaired) electrons. The molecule has 0 spiro atoms. The molecule has 0 aliphatic heterocycles. The number of phenols is 1. The maximum Gasteiger partial charge on any atom is 0.309 e. The molecule has 0 bridgehead atoms. The van der Waals surface area contributed by atoms with E-state index in [1.54, 1.807) is 6.92 Å². The number of rotatable bonds is 4. The van der Waals surface area contributed by atoms with Gasteiger partial charge >= 0.3 is 10.1 Å². The van der Waals surface area contributed by atoms with Crippen LogP contribution in [0.4, 0.5) is 0 Å². The second kappa shape index (κ2) is 4.32. The van der Waals surface area contributed by atoms with Gasteiger partial charge < -0.3 is 9.29 Å². The molecule has 0 unspecified atom stereocenters. The monoisotopic (exact) mass is 216 g/mol. The smallest absolute Gasteiger partial charge is 0.309 e. The molecule has 0 aliphatic carbocycles. The Morgan fingerprint density at radius 3 is 2.36 bits per heavy atom. The van der Waals surface area contributed by atoms with Crippen LogP contribution < -0.4 is 4.18 Å². The van der Waals surface area contributed by atoms with Crippen LogP contribution in [0.25, 0.3) is 0 Å². The van der Waals surface area contributed by atoms with Crippen LogP contribution in [0.3, 0.4) is 0 Å². The number of phenolic OH excluding ortho intramolecular Hbond substituents is 1. The summed E-state index contributed by atoms with van der Waals surface area (Å²) in [6.45, 7) is 1.76. The Morgan fingerprint density at radius 1 is 1.29 bits per heavy atom. The van der Waals surface area contributed by atoms with Crippen molar-refractivity contribution in [3.05, 3.63) is 24.3 Å². The van der Waals surface area contributed by atoms with Crippen molar-refractivity contribution in [1.82, 2.24) is 0 Å². The highest BCUT2D eigenvalue weighted by atomic mass is 32.2. The summed E-state index contributed by atoms with van der Waals surface area (Å²) in [6.07, 6.45) is 0.514. The summed E-state index contributed by atoms with van der Waals surface area (Å²) in [4.78, 5) is 0. The van der Waals surface area contributed by atoms with Crippen molar-refractivity contribution < 1.29 is 17.7 Å². The lowest BCUT2D eigenvalue weighted by Crippen LogP contribution is -2.12. The van der Waals surface area contributed by atoms with Crippen LogP contribution >= 0.6 is 0 Å². The third-order valence-electron chi connectivity index (χ3n) is 1.51. The minimum atomic E-state index is -3.48. The highest BCUT2D eigenvalue weighted by Crippen LogP contribution is 2.17. The summed E-state index contributed by atoms with van der Waals surface area (Å²) < 4.78 is 27.2. The average molecular weight is 216 g/mol. The molecular weight excluding hydrogens is 204 g/mol. The van der Waals surface area contributed by atoms with E-state index in [2.05, 4.69) is 0 Å². The van der Waals surface area contributed by atoms with Crippen molar-refractivity contribution >= 4 is 10.1 Å². The van der Waals surface area contributed by atoms with E-state index >= 15 is 0 Å². The van der Waals surface area contributed by atoms with Crippen LogP contribution in [0.2, 0.25) is 0 Å². The molecule has 78 valence electrons. The summed E-state index contributed by atoms with van der Waals surface area (Å²) in [5.74, 6) is 0.287. The SMILES string of the molecule is CCCS(=O)(=O)Oc1ccc(O)cc1. The van der Waals surface area contributed by atoms with E-state index in [4.69, 9.17) is 9.29 Å². The van der Waals surface area contributed by atoms with Gasteiger partial charge in [0.2, 0.25) is 0 Å². The predicted molar refractivity (Wildman–Crippen MR) is 52.8 cm³/mol. The second-order valence-corrected chi connectivity index (χ2v) is 4.53. The Labute approximate surface area is 83.3 Å². The summed E-state index contributed by atoms with van der Waals surface area (Å²) in [6, 6.07) is 5.55. The van der Waals surface area contributed by atoms with Crippen molar-refractivity contribution in [3.8, 4) is 11.5 Å². The first-order chi connectivity index (χ1) is 6.53. The molecule has 0 atom stereocenters. The normalized spacial score (nSPS) is 11.2. The standard InChI is InChI=1S/C9H12O4S/c1-2-7-14(11,12)13-9-5-3-8(10)4-6-9/h3-6,10H,2,7H2,1H3. The molecule has 0 saturated heterocycles. The van der Waals surface area contributed by atoms with Crippen LogP contribution in [0.15, 0.2) is 24.3 Å². The molecule has 5 heteroatoms. The lowest BCUT2D eigenvalue weighted by atomic mass is 10.3. The Morgan fingerprint density at radius 2 is 1.86 bits per heavy atom. The van der Waals surface area contributed by atoms with Crippen molar-refractivity contribution in [2.24, 2.45) is 0 Å². The lowest BCUT2D eigenvalue weighted by molar-refractivity contribution is 0.468. The zero-order valence-electron chi connectivity index (χ0n) is 7.80. The maximum absolute atomic E-state index is 11.2. The zero-order valence-corrected chi connectivity index (χ0v) is 8.62. The van der Waals surface area contributed by atoms with Gasteiger partial charge in [-0.3, -0.25) is 0 Å². The Kier molecular flexibility index (Phi) is 3.35. The van der Waals surface area contributed by atoms with E-state index in [9.17, 15) is 8.42 Å². The molecule has 4 nitrogen and oxygen atoms in total. The third-order valence-corrected chi connectivity index (χ3v) is 2.87. The molecule has 0 fully saturated rings. The summed E-state index contributed by atoms with van der Waals surface area (Å²) >= 11 is 0. The number of benzene rings is 1. The first-order valence-electron chi connectivity index (χ1n) is 4.24. The molecule has 14 heavy (non-hydrogen) atoms. The predicted octanol–water partition coefficient (Wildman–Crippen LogP) is 1.51. The van der Waals surface area contributed by atoms with Crippen LogP contribution in [0.1, 0.15) is 13.3 Å². The number of aromatic hydroxyl groups is 1. The minimum absolute atomic E-state index is 0.00607. The van der Waals surface area contributed by atoms with E-state index in [0.717, 1.165) is 0 Å². The van der Waals surface area contributed by atoms with Crippen molar-refractivity contribution in [2.45, 2.75) is 13.3 Å². The van der Waals surface area contributed by atoms with Crippen molar-refractivity contribution in [3.63, 3.8) is 0 Å². The molecule has 1 N–H and O–H groups in total. The van der Waals surface area contributed by atoms with E-state index in [1.165, 1.54) is 24.3 Å². The van der Waals surface area contributed by atoms with Gasteiger partial charge in [-0.1, -0.05) is 6.92 Å². The van der Waals surface area contributed by atoms with E-state index in [1.807, 2.05) is 0 Å². The highest BCUT2D eigenvalue weighted by Gasteiger charge is 2.10. The van der Waals surface area contributed by atoms with Gasteiger partial charge in [0.1, 0.15) is 11.5 Å². The molecule has 0 amide bonds. The molecule has 0 heterocycles. The van der Waals surface area contributed by atoms with Crippen molar-refractivity contribution in [1.29, 1.82) is 0 Å². The number of hydrogen-bond donors (Lipinski definition) is 1. The Bertz CT molecular complexity index is 380. The van der Waals surface area contributed by atoms with Crippen LogP contribution in [0.5, 0.6) is 11.5 Å². The maximum atomic E-state index is 11.2. The summed E-state index contributed by atoms with van der Waals surface area (Å²) in [5, 5.41) is 8.95. The lowest BCUT2D eigenvalue weighted by Gasteiger charge is -2.05. The van der Waals surface area contributed by atoms with Gasteiger partial charge in [-0.25, -0.2) is 0 Å². The third kappa shape index (κ3) is 3.26. The zero-order chi connectivity index (χ0) is 10.6.